The number of hydrogen-bond donors (Lipinski definition) is 2. The maximum Gasteiger partial charge on any atom is 0.141 e. The Morgan fingerprint density at radius 3 is 2.33 bits per heavy atom. The van der Waals surface area contributed by atoms with E-state index in [1.807, 2.05) is 0 Å². The molecular weight excluding hydrogens is 159 g/mol. The first-order valence-electron chi connectivity index (χ1n) is 3.04. The number of halogens is 2. The molecule has 1 aliphatic heterocycles. The second-order valence-corrected chi connectivity index (χ2v) is 2.20. The summed E-state index contributed by atoms with van der Waals surface area (Å²) in [6.07, 6.45) is 1.40. The van der Waals surface area contributed by atoms with Gasteiger partial charge in [0.2, 0.25) is 0 Å². The van der Waals surface area contributed by atoms with E-state index in [2.05, 4.69) is 17.7 Å². The molecule has 0 spiro atoms. The van der Waals surface area contributed by atoms with Crippen LogP contribution in [0.15, 0.2) is 0 Å². The summed E-state index contributed by atoms with van der Waals surface area (Å²) in [4.78, 5) is 0. The van der Waals surface area contributed by atoms with Crippen LogP contribution in [-0.4, -0.2) is 26.2 Å². The van der Waals surface area contributed by atoms with Crippen molar-refractivity contribution in [2.45, 2.75) is 12.5 Å². The van der Waals surface area contributed by atoms with Crippen LogP contribution in [0.2, 0.25) is 0 Å². The number of likely N-dealkylation sites (N-methyl/N-ethyl adjacent to an activating group) is 1. The highest BCUT2D eigenvalue weighted by Gasteiger charge is 2.17. The summed E-state index contributed by atoms with van der Waals surface area (Å²) in [6.45, 7) is 2.67. The molecule has 1 saturated heterocycles. The molecule has 1 aliphatic rings. The first-order chi connectivity index (χ1) is 3.43. The lowest BCUT2D eigenvalue weighted by molar-refractivity contribution is -0.702. The minimum absolute atomic E-state index is 0. The lowest BCUT2D eigenvalue weighted by atomic mass is 10.3. The van der Waals surface area contributed by atoms with E-state index in [-0.39, 0.29) is 24.8 Å². The van der Waals surface area contributed by atoms with Crippen molar-refractivity contribution in [3.8, 4) is 0 Å². The molecule has 1 heterocycles. The van der Waals surface area contributed by atoms with Crippen molar-refractivity contribution in [1.82, 2.24) is 0 Å². The normalized spacial score (nSPS) is 24.3. The Bertz CT molecular complexity index is 54.9. The zero-order valence-electron chi connectivity index (χ0n) is 5.61. The predicted octanol–water partition coefficient (Wildman–Crippen LogP) is -8.48. The van der Waals surface area contributed by atoms with Gasteiger partial charge in [-0.1, -0.05) is 0 Å². The Hall–Kier alpha value is 0.500. The van der Waals surface area contributed by atoms with Crippen LogP contribution in [0.5, 0.6) is 0 Å². The quantitative estimate of drug-likeness (QED) is 0.395. The molecule has 58 valence electrons. The molecule has 0 radical (unpaired) electrons. The maximum absolute atomic E-state index is 2.38. The van der Waals surface area contributed by atoms with Crippen molar-refractivity contribution in [1.29, 1.82) is 0 Å². The largest absolute Gasteiger partial charge is 1.00 e. The van der Waals surface area contributed by atoms with Gasteiger partial charge >= 0.3 is 0 Å². The van der Waals surface area contributed by atoms with Crippen molar-refractivity contribution < 1.29 is 35.4 Å². The molecule has 4 heteroatoms. The highest BCUT2D eigenvalue weighted by molar-refractivity contribution is 4.53. The number of nitrogens with two attached hydrogens (primary N) is 2. The highest BCUT2D eigenvalue weighted by atomic mass is 35.5. The zero-order valence-corrected chi connectivity index (χ0v) is 7.12. The number of hydrogen-bond acceptors (Lipinski definition) is 0. The van der Waals surface area contributed by atoms with E-state index < -0.39 is 0 Å². The lowest BCUT2D eigenvalue weighted by Gasteiger charge is -1.95. The fourth-order valence-electron chi connectivity index (χ4n) is 1.08. The van der Waals surface area contributed by atoms with Gasteiger partial charge in [-0.25, -0.2) is 0 Å². The van der Waals surface area contributed by atoms with Gasteiger partial charge in [0.25, 0.3) is 0 Å². The van der Waals surface area contributed by atoms with Crippen LogP contribution in [0, 0.1) is 0 Å². The van der Waals surface area contributed by atoms with E-state index in [4.69, 9.17) is 0 Å². The maximum atomic E-state index is 2.38. The molecule has 4 N–H and O–H groups in total. The molecule has 0 bridgehead atoms. The summed E-state index contributed by atoms with van der Waals surface area (Å²) in [6, 6.07) is 0.917. The van der Waals surface area contributed by atoms with E-state index in [1.165, 1.54) is 19.5 Å². The van der Waals surface area contributed by atoms with Gasteiger partial charge in [-0.3, -0.25) is 0 Å². The molecular formula is C5H14Cl2N2. The van der Waals surface area contributed by atoms with E-state index in [1.54, 1.807) is 0 Å². The van der Waals surface area contributed by atoms with Crippen molar-refractivity contribution in [3.63, 3.8) is 0 Å². The summed E-state index contributed by atoms with van der Waals surface area (Å²) >= 11 is 0. The van der Waals surface area contributed by atoms with Gasteiger partial charge < -0.3 is 35.4 Å². The summed E-state index contributed by atoms with van der Waals surface area (Å²) in [5, 5.41) is 4.69. The molecule has 0 amide bonds. The number of rotatable bonds is 1. The molecule has 0 unspecified atom stereocenters. The summed E-state index contributed by atoms with van der Waals surface area (Å²) < 4.78 is 0. The van der Waals surface area contributed by atoms with Gasteiger partial charge in [-0.15, -0.1) is 0 Å². The van der Waals surface area contributed by atoms with Crippen LogP contribution in [0.25, 0.3) is 0 Å². The van der Waals surface area contributed by atoms with E-state index in [9.17, 15) is 0 Å². The van der Waals surface area contributed by atoms with Crippen LogP contribution in [0.1, 0.15) is 6.42 Å². The predicted molar refractivity (Wildman–Crippen MR) is 27.9 cm³/mol. The molecule has 0 aromatic heterocycles. The average Bonchev–Trinajstić information content (AvgIpc) is 2.14. The lowest BCUT2D eigenvalue weighted by Crippen LogP contribution is -3.00. The van der Waals surface area contributed by atoms with Crippen molar-refractivity contribution >= 4 is 0 Å². The summed E-state index contributed by atoms with van der Waals surface area (Å²) in [5.41, 5.74) is 0. The van der Waals surface area contributed by atoms with Gasteiger partial charge in [-0.05, 0) is 0 Å². The van der Waals surface area contributed by atoms with Crippen LogP contribution in [0.4, 0.5) is 0 Å². The van der Waals surface area contributed by atoms with Gasteiger partial charge in [0.1, 0.15) is 12.6 Å². The Labute approximate surface area is 68.6 Å². The molecule has 0 aromatic carbocycles. The van der Waals surface area contributed by atoms with Crippen molar-refractivity contribution in [2.24, 2.45) is 0 Å². The highest BCUT2D eigenvalue weighted by Crippen LogP contribution is 1.80. The third-order valence-corrected chi connectivity index (χ3v) is 1.68. The minimum atomic E-state index is 0. The third-order valence-electron chi connectivity index (χ3n) is 1.68. The molecule has 2 nitrogen and oxygen atoms in total. The smallest absolute Gasteiger partial charge is 0.141 e. The van der Waals surface area contributed by atoms with Crippen molar-refractivity contribution in [2.75, 3.05) is 20.1 Å². The second-order valence-electron chi connectivity index (χ2n) is 2.20. The van der Waals surface area contributed by atoms with Crippen LogP contribution in [-0.2, 0) is 0 Å². The molecule has 0 saturated carbocycles. The van der Waals surface area contributed by atoms with Crippen LogP contribution < -0.4 is 35.4 Å². The molecule has 0 aliphatic carbocycles. The fraction of sp³-hybridized carbons (Fsp3) is 1.00. The SMILES string of the molecule is C[NH2+][C@@H]1CC[NH2+]C1.[Cl-].[Cl-]. The molecule has 1 fully saturated rings. The summed E-state index contributed by atoms with van der Waals surface area (Å²) in [5.74, 6) is 0. The Morgan fingerprint density at radius 1 is 1.44 bits per heavy atom. The Morgan fingerprint density at radius 2 is 2.11 bits per heavy atom. The topological polar surface area (TPSA) is 33.2 Å². The number of quaternary nitrogens is 2. The first kappa shape index (κ1) is 12.2. The monoisotopic (exact) mass is 172 g/mol. The van der Waals surface area contributed by atoms with E-state index in [0.717, 1.165) is 6.04 Å². The zero-order chi connectivity index (χ0) is 5.11. The standard InChI is InChI=1S/C5H12N2.2ClH/c1-6-5-2-3-7-4-5;;/h5-7H,2-4H2,1H3;2*1H/t5-;;/m1../s1. The van der Waals surface area contributed by atoms with Crippen LogP contribution in [0.3, 0.4) is 0 Å². The van der Waals surface area contributed by atoms with E-state index >= 15 is 0 Å². The molecule has 9 heavy (non-hydrogen) atoms. The van der Waals surface area contributed by atoms with Gasteiger partial charge in [0.05, 0.1) is 20.0 Å². The fourth-order valence-corrected chi connectivity index (χ4v) is 1.08. The average molecular weight is 173 g/mol. The minimum Gasteiger partial charge on any atom is -1.00 e. The van der Waals surface area contributed by atoms with E-state index in [0.29, 0.717) is 0 Å². The van der Waals surface area contributed by atoms with Gasteiger partial charge in [0.15, 0.2) is 0 Å². The van der Waals surface area contributed by atoms with Gasteiger partial charge in [-0.2, -0.15) is 0 Å². The van der Waals surface area contributed by atoms with Crippen LogP contribution >= 0.6 is 0 Å². The third kappa shape index (κ3) is 3.98. The van der Waals surface area contributed by atoms with Crippen molar-refractivity contribution in [3.05, 3.63) is 0 Å². The molecule has 1 rings (SSSR count). The van der Waals surface area contributed by atoms with Gasteiger partial charge in [0, 0.05) is 0 Å². The Kier molecular flexibility index (Phi) is 8.97. The molecule has 0 aromatic rings. The summed E-state index contributed by atoms with van der Waals surface area (Å²) in [7, 11) is 2.16. The second kappa shape index (κ2) is 6.62. The molecule has 1 atom stereocenters. The first-order valence-corrected chi connectivity index (χ1v) is 3.04. The Balaban J connectivity index is 0.